The first kappa shape index (κ1) is 10.6. The average Bonchev–Trinajstić information content (AvgIpc) is 2.49. The molecule has 0 aliphatic carbocycles. The highest BCUT2D eigenvalue weighted by Gasteiger charge is 2.37. The Morgan fingerprint density at radius 1 is 1.62 bits per heavy atom. The summed E-state index contributed by atoms with van der Waals surface area (Å²) in [7, 11) is 0. The molecule has 6 heteroatoms. The number of hydrazine groups is 1. The number of thiocarbonyl (C=S) groups is 1. The van der Waals surface area contributed by atoms with Crippen LogP contribution >= 0.6 is 24.0 Å². The number of rotatable bonds is 1. The molecule has 1 saturated heterocycles. The molecule has 1 aliphatic rings. The van der Waals surface area contributed by atoms with Crippen LogP contribution in [0.4, 0.5) is 0 Å². The van der Waals surface area contributed by atoms with Crippen molar-refractivity contribution in [1.82, 2.24) is 10.9 Å². The van der Waals surface area contributed by atoms with Gasteiger partial charge in [0.1, 0.15) is 0 Å². The Morgan fingerprint density at radius 2 is 2.31 bits per heavy atom. The molecule has 1 heterocycles. The van der Waals surface area contributed by atoms with Gasteiger partial charge in [0, 0.05) is 0 Å². The fraction of sp³-hybridized carbons (Fsp3) is 0.714. The van der Waals surface area contributed by atoms with Gasteiger partial charge in [0.15, 0.2) is 5.11 Å². The maximum Gasteiger partial charge on any atom is 0.254 e. The summed E-state index contributed by atoms with van der Waals surface area (Å²) in [6.45, 7) is 1.93. The molecule has 1 fully saturated rings. The number of amides is 1. The molecule has 1 atom stereocenters. The van der Waals surface area contributed by atoms with Crippen LogP contribution in [0.5, 0.6) is 0 Å². The van der Waals surface area contributed by atoms with Gasteiger partial charge in [-0.3, -0.25) is 15.6 Å². The molecule has 0 spiro atoms. The van der Waals surface area contributed by atoms with E-state index in [9.17, 15) is 4.79 Å². The topological polar surface area (TPSA) is 67.2 Å². The summed E-state index contributed by atoms with van der Waals surface area (Å²) in [6, 6.07) is 0. The molecule has 0 bridgehead atoms. The zero-order valence-corrected chi connectivity index (χ0v) is 9.06. The van der Waals surface area contributed by atoms with Gasteiger partial charge in [-0.25, -0.2) is 0 Å². The van der Waals surface area contributed by atoms with Gasteiger partial charge in [-0.15, -0.1) is 11.8 Å². The van der Waals surface area contributed by atoms with Crippen LogP contribution in [0.3, 0.4) is 0 Å². The van der Waals surface area contributed by atoms with Gasteiger partial charge >= 0.3 is 0 Å². The summed E-state index contributed by atoms with van der Waals surface area (Å²) in [5.74, 6) is 0.986. The van der Waals surface area contributed by atoms with Gasteiger partial charge in [-0.05, 0) is 37.7 Å². The van der Waals surface area contributed by atoms with Crippen LogP contribution in [-0.2, 0) is 4.79 Å². The van der Waals surface area contributed by atoms with E-state index in [0.29, 0.717) is 0 Å². The quantitative estimate of drug-likeness (QED) is 0.432. The van der Waals surface area contributed by atoms with Crippen molar-refractivity contribution in [3.63, 3.8) is 0 Å². The van der Waals surface area contributed by atoms with Crippen LogP contribution in [0.25, 0.3) is 0 Å². The van der Waals surface area contributed by atoms with Crippen LogP contribution < -0.4 is 16.6 Å². The summed E-state index contributed by atoms with van der Waals surface area (Å²) in [5, 5.41) is 0.0833. The predicted molar refractivity (Wildman–Crippen MR) is 58.2 cm³/mol. The molecule has 1 amide bonds. The minimum atomic E-state index is -0.322. The third kappa shape index (κ3) is 2.73. The maximum atomic E-state index is 11.6. The molecule has 0 aromatic rings. The zero-order valence-electron chi connectivity index (χ0n) is 7.42. The van der Waals surface area contributed by atoms with Gasteiger partial charge in [-0.1, -0.05) is 0 Å². The van der Waals surface area contributed by atoms with Crippen molar-refractivity contribution >= 4 is 35.0 Å². The Kier molecular flexibility index (Phi) is 3.38. The van der Waals surface area contributed by atoms with Gasteiger partial charge in [0.05, 0.1) is 4.75 Å². The highest BCUT2D eigenvalue weighted by atomic mass is 32.2. The third-order valence-electron chi connectivity index (χ3n) is 2.00. The van der Waals surface area contributed by atoms with E-state index in [-0.39, 0.29) is 15.8 Å². The monoisotopic (exact) mass is 219 g/mol. The van der Waals surface area contributed by atoms with E-state index >= 15 is 0 Å². The Morgan fingerprint density at radius 3 is 2.77 bits per heavy atom. The van der Waals surface area contributed by atoms with Crippen molar-refractivity contribution in [3.05, 3.63) is 0 Å². The highest BCUT2D eigenvalue weighted by Crippen LogP contribution is 2.37. The zero-order chi connectivity index (χ0) is 9.90. The molecule has 13 heavy (non-hydrogen) atoms. The van der Waals surface area contributed by atoms with Crippen LogP contribution in [0.15, 0.2) is 0 Å². The molecule has 74 valence electrons. The molecule has 0 aromatic heterocycles. The lowest BCUT2D eigenvalue weighted by Crippen LogP contribution is -2.51. The molecule has 0 saturated carbocycles. The molecule has 4 N–H and O–H groups in total. The number of hydrogen-bond acceptors (Lipinski definition) is 3. The lowest BCUT2D eigenvalue weighted by Gasteiger charge is -2.21. The SMILES string of the molecule is CC1(C(=O)NNC(N)=S)CCCS1. The van der Waals surface area contributed by atoms with Crippen molar-refractivity contribution in [1.29, 1.82) is 0 Å². The number of thioether (sulfide) groups is 1. The molecule has 1 rings (SSSR count). The average molecular weight is 219 g/mol. The lowest BCUT2D eigenvalue weighted by molar-refractivity contribution is -0.123. The van der Waals surface area contributed by atoms with Crippen molar-refractivity contribution in [2.24, 2.45) is 5.73 Å². The molecular formula is C7H13N3OS2. The van der Waals surface area contributed by atoms with Crippen LogP contribution in [0.2, 0.25) is 0 Å². The van der Waals surface area contributed by atoms with Crippen LogP contribution in [0, 0.1) is 0 Å². The fourth-order valence-corrected chi connectivity index (χ4v) is 2.47. The smallest absolute Gasteiger partial charge is 0.254 e. The summed E-state index contributed by atoms with van der Waals surface area (Å²) in [6.07, 6.45) is 1.99. The first-order chi connectivity index (χ1) is 6.04. The largest absolute Gasteiger partial charge is 0.375 e. The molecule has 1 unspecified atom stereocenters. The molecule has 0 aromatic carbocycles. The second kappa shape index (κ2) is 4.15. The van der Waals surface area contributed by atoms with Crippen molar-refractivity contribution in [2.45, 2.75) is 24.5 Å². The summed E-state index contributed by atoms with van der Waals surface area (Å²) >= 11 is 6.24. The number of nitrogens with one attached hydrogen (secondary N) is 2. The lowest BCUT2D eigenvalue weighted by atomic mass is 10.1. The van der Waals surface area contributed by atoms with Gasteiger partial charge in [-0.2, -0.15) is 0 Å². The van der Waals surface area contributed by atoms with E-state index in [1.54, 1.807) is 11.8 Å². The van der Waals surface area contributed by atoms with E-state index in [0.717, 1.165) is 18.6 Å². The minimum absolute atomic E-state index is 0.0530. The van der Waals surface area contributed by atoms with E-state index < -0.39 is 0 Å². The van der Waals surface area contributed by atoms with Crippen LogP contribution in [-0.4, -0.2) is 21.5 Å². The van der Waals surface area contributed by atoms with Crippen molar-refractivity contribution < 1.29 is 4.79 Å². The Hall–Kier alpha value is -0.490. The van der Waals surface area contributed by atoms with Gasteiger partial charge in [0.25, 0.3) is 5.91 Å². The second-order valence-corrected chi connectivity index (χ2v) is 5.16. The maximum absolute atomic E-state index is 11.6. The molecule has 1 aliphatic heterocycles. The molecular weight excluding hydrogens is 206 g/mol. The molecule has 0 radical (unpaired) electrons. The number of carbonyl (C=O) groups excluding carboxylic acids is 1. The second-order valence-electron chi connectivity index (χ2n) is 3.13. The third-order valence-corrected chi connectivity index (χ3v) is 3.62. The first-order valence-electron chi connectivity index (χ1n) is 4.04. The Balaban J connectivity index is 2.42. The van der Waals surface area contributed by atoms with E-state index in [1.807, 2.05) is 6.92 Å². The summed E-state index contributed by atoms with van der Waals surface area (Å²) in [4.78, 5) is 11.6. The minimum Gasteiger partial charge on any atom is -0.375 e. The summed E-state index contributed by atoms with van der Waals surface area (Å²) in [5.41, 5.74) is 10.1. The van der Waals surface area contributed by atoms with E-state index in [4.69, 9.17) is 5.73 Å². The van der Waals surface area contributed by atoms with E-state index in [1.165, 1.54) is 0 Å². The first-order valence-corrected chi connectivity index (χ1v) is 5.44. The standard InChI is InChI=1S/C7H13N3OS2/c1-7(3-2-4-13-7)5(11)9-10-6(8)12/h2-4H2,1H3,(H,9,11)(H3,8,10,12). The normalized spacial score (nSPS) is 26.8. The molecule has 4 nitrogen and oxygen atoms in total. The van der Waals surface area contributed by atoms with Crippen molar-refractivity contribution in [3.8, 4) is 0 Å². The van der Waals surface area contributed by atoms with Crippen LogP contribution in [0.1, 0.15) is 19.8 Å². The number of carbonyl (C=O) groups is 1. The Bertz CT molecular complexity index is 226. The fourth-order valence-electron chi connectivity index (χ4n) is 1.21. The van der Waals surface area contributed by atoms with Gasteiger partial charge in [0.2, 0.25) is 0 Å². The summed E-state index contributed by atoms with van der Waals surface area (Å²) < 4.78 is -0.322. The number of nitrogens with two attached hydrogens (primary N) is 1. The van der Waals surface area contributed by atoms with E-state index in [2.05, 4.69) is 23.1 Å². The van der Waals surface area contributed by atoms with Gasteiger partial charge < -0.3 is 5.73 Å². The highest BCUT2D eigenvalue weighted by molar-refractivity contribution is 8.01. The predicted octanol–water partition coefficient (Wildman–Crippen LogP) is 0.136. The number of hydrogen-bond donors (Lipinski definition) is 3. The Labute approximate surface area is 87.0 Å². The van der Waals surface area contributed by atoms with Crippen molar-refractivity contribution in [2.75, 3.05) is 5.75 Å².